The number of hydrogen-bond acceptors (Lipinski definition) is 2. The van der Waals surface area contributed by atoms with Crippen LogP contribution in [0.2, 0.25) is 0 Å². The fourth-order valence-corrected chi connectivity index (χ4v) is 0.227. The van der Waals surface area contributed by atoms with Gasteiger partial charge >= 0.3 is 18.4 Å². The summed E-state index contributed by atoms with van der Waals surface area (Å²) in [4.78, 5) is 9.75. The van der Waals surface area contributed by atoms with E-state index in [0.29, 0.717) is 0 Å². The highest BCUT2D eigenvalue weighted by molar-refractivity contribution is 5.86. The third kappa shape index (κ3) is 3.84. The quantitative estimate of drug-likeness (QED) is 0.363. The molecule has 0 aromatic heterocycles. The Morgan fingerprint density at radius 2 is 1.50 bits per heavy atom. The highest BCUT2D eigenvalue weighted by atomic mass is 19.4. The Kier molecular flexibility index (Phi) is 3.11. The fourth-order valence-electron chi connectivity index (χ4n) is 0.227. The van der Waals surface area contributed by atoms with Gasteiger partial charge in [0.05, 0.1) is 0 Å². The van der Waals surface area contributed by atoms with Gasteiger partial charge in [0, 0.05) is 0 Å². The van der Waals surface area contributed by atoms with Crippen LogP contribution in [0.3, 0.4) is 0 Å². The molecule has 0 aromatic carbocycles. The second-order valence-electron chi connectivity index (χ2n) is 1.41. The van der Waals surface area contributed by atoms with Crippen molar-refractivity contribution in [3.8, 4) is 0 Å². The second kappa shape index (κ2) is 3.46. The molecule has 0 aliphatic rings. The van der Waals surface area contributed by atoms with Gasteiger partial charge in [-0.15, -0.1) is 13.2 Å². The Morgan fingerprint density at radius 1 is 1.08 bits per heavy atom. The van der Waals surface area contributed by atoms with Gasteiger partial charge in [-0.3, -0.25) is 0 Å². The second-order valence-corrected chi connectivity index (χ2v) is 1.41. The van der Waals surface area contributed by atoms with Gasteiger partial charge in [-0.1, -0.05) is 0 Å². The van der Waals surface area contributed by atoms with Crippen molar-refractivity contribution in [2.24, 2.45) is 0 Å². The Balaban J connectivity index is 4.36. The van der Waals surface area contributed by atoms with Crippen molar-refractivity contribution in [3.05, 3.63) is 11.9 Å². The summed E-state index contributed by atoms with van der Waals surface area (Å²) < 4.78 is 69.3. The van der Waals surface area contributed by atoms with Crippen LogP contribution in [0, 0.1) is 0 Å². The molecular formula is C4F6O2. The lowest BCUT2D eigenvalue weighted by Crippen LogP contribution is -2.19. The number of halogens is 6. The minimum absolute atomic E-state index is 2.31. The topological polar surface area (TPSA) is 26.3 Å². The van der Waals surface area contributed by atoms with E-state index in [0.717, 1.165) is 0 Å². The molecule has 0 spiro atoms. The van der Waals surface area contributed by atoms with Crippen molar-refractivity contribution in [3.63, 3.8) is 0 Å². The molecular weight excluding hydrogens is 194 g/mol. The molecule has 70 valence electrons. The molecule has 0 fully saturated rings. The molecule has 0 aliphatic carbocycles. The van der Waals surface area contributed by atoms with E-state index in [-0.39, 0.29) is 0 Å². The van der Waals surface area contributed by atoms with Crippen LogP contribution in [0.15, 0.2) is 11.9 Å². The largest absolute Gasteiger partial charge is 0.575 e. The summed E-state index contributed by atoms with van der Waals surface area (Å²) in [5, 5.41) is 0. The van der Waals surface area contributed by atoms with Crippen LogP contribution >= 0.6 is 0 Å². The summed E-state index contributed by atoms with van der Waals surface area (Å²) in [6, 6.07) is 0. The first-order valence-electron chi connectivity index (χ1n) is 2.25. The van der Waals surface area contributed by atoms with Crippen molar-refractivity contribution in [1.82, 2.24) is 0 Å². The van der Waals surface area contributed by atoms with E-state index in [1.807, 2.05) is 0 Å². The van der Waals surface area contributed by atoms with Crippen molar-refractivity contribution >= 4 is 5.97 Å². The zero-order chi connectivity index (χ0) is 9.94. The molecule has 0 aromatic rings. The fraction of sp³-hybridized carbons (Fsp3) is 0.250. The summed E-state index contributed by atoms with van der Waals surface area (Å²) in [7, 11) is 0. The Labute approximate surface area is 61.4 Å². The summed E-state index contributed by atoms with van der Waals surface area (Å²) in [6.45, 7) is 0. The number of carbonyl (C=O) groups excluding carboxylic acids is 1. The standard InChI is InChI=1S/C4F6O2/c5-1(2(6)7)3(11)12-4(8,9)10. The van der Waals surface area contributed by atoms with E-state index in [2.05, 4.69) is 4.74 Å². The van der Waals surface area contributed by atoms with E-state index >= 15 is 0 Å². The maximum Gasteiger partial charge on any atom is 0.575 e. The van der Waals surface area contributed by atoms with E-state index in [1.54, 1.807) is 0 Å². The summed E-state index contributed by atoms with van der Waals surface area (Å²) in [5.41, 5.74) is 0. The summed E-state index contributed by atoms with van der Waals surface area (Å²) in [5.74, 6) is -5.62. The Morgan fingerprint density at radius 3 is 1.75 bits per heavy atom. The highest BCUT2D eigenvalue weighted by Crippen LogP contribution is 2.20. The number of alkyl halides is 3. The van der Waals surface area contributed by atoms with Crippen LogP contribution in [0.25, 0.3) is 0 Å². The molecule has 0 unspecified atom stereocenters. The van der Waals surface area contributed by atoms with Gasteiger partial charge in [-0.2, -0.15) is 13.2 Å². The Hall–Kier alpha value is -1.21. The van der Waals surface area contributed by atoms with Crippen molar-refractivity contribution in [2.75, 3.05) is 0 Å². The van der Waals surface area contributed by atoms with Gasteiger partial charge in [0.2, 0.25) is 0 Å². The van der Waals surface area contributed by atoms with Gasteiger partial charge in [0.15, 0.2) is 0 Å². The van der Waals surface area contributed by atoms with Gasteiger partial charge in [-0.25, -0.2) is 4.79 Å². The zero-order valence-corrected chi connectivity index (χ0v) is 5.08. The lowest BCUT2D eigenvalue weighted by atomic mass is 10.6. The molecule has 0 rings (SSSR count). The van der Waals surface area contributed by atoms with Crippen LogP contribution in [0.4, 0.5) is 26.3 Å². The van der Waals surface area contributed by atoms with E-state index in [4.69, 9.17) is 0 Å². The maximum absolute atomic E-state index is 11.6. The lowest BCUT2D eigenvalue weighted by Gasteiger charge is -2.04. The van der Waals surface area contributed by atoms with Crippen molar-refractivity contribution in [2.45, 2.75) is 6.36 Å². The van der Waals surface area contributed by atoms with Crippen molar-refractivity contribution < 1.29 is 35.9 Å². The molecule has 0 saturated carbocycles. The van der Waals surface area contributed by atoms with Gasteiger partial charge in [-0.05, 0) is 0 Å². The molecule has 0 aliphatic heterocycles. The molecule has 8 heteroatoms. The molecule has 12 heavy (non-hydrogen) atoms. The lowest BCUT2D eigenvalue weighted by molar-refractivity contribution is -0.304. The van der Waals surface area contributed by atoms with Crippen LogP contribution in [-0.4, -0.2) is 12.3 Å². The van der Waals surface area contributed by atoms with Gasteiger partial charge < -0.3 is 4.74 Å². The number of carbonyl (C=O) groups is 1. The predicted octanol–water partition coefficient (Wildman–Crippen LogP) is 2.13. The molecule has 0 atom stereocenters. The number of rotatable bonds is 1. The predicted molar refractivity (Wildman–Crippen MR) is 22.5 cm³/mol. The smallest absolute Gasteiger partial charge is 0.367 e. The Bertz CT molecular complexity index is 212. The monoisotopic (exact) mass is 194 g/mol. The minimum atomic E-state index is -5.47. The molecule has 0 saturated heterocycles. The molecule has 0 amide bonds. The third-order valence-corrected chi connectivity index (χ3v) is 0.554. The van der Waals surface area contributed by atoms with Crippen LogP contribution in [0.5, 0.6) is 0 Å². The zero-order valence-electron chi connectivity index (χ0n) is 5.08. The third-order valence-electron chi connectivity index (χ3n) is 0.554. The van der Waals surface area contributed by atoms with Crippen molar-refractivity contribution in [1.29, 1.82) is 0 Å². The first kappa shape index (κ1) is 10.8. The summed E-state index contributed by atoms with van der Waals surface area (Å²) in [6.07, 6.45) is -8.63. The summed E-state index contributed by atoms with van der Waals surface area (Å²) >= 11 is 0. The average molecular weight is 194 g/mol. The number of ether oxygens (including phenoxy) is 1. The maximum atomic E-state index is 11.6. The van der Waals surface area contributed by atoms with Crippen LogP contribution in [0.1, 0.15) is 0 Å². The van der Waals surface area contributed by atoms with E-state index in [1.165, 1.54) is 0 Å². The van der Waals surface area contributed by atoms with E-state index in [9.17, 15) is 31.1 Å². The molecule has 0 N–H and O–H groups in total. The highest BCUT2D eigenvalue weighted by Gasteiger charge is 2.36. The molecule has 2 nitrogen and oxygen atoms in total. The molecule has 0 heterocycles. The average Bonchev–Trinajstić information content (AvgIpc) is 1.82. The molecule has 0 radical (unpaired) electrons. The van der Waals surface area contributed by atoms with Gasteiger partial charge in [0.1, 0.15) is 0 Å². The van der Waals surface area contributed by atoms with Crippen LogP contribution in [-0.2, 0) is 9.53 Å². The van der Waals surface area contributed by atoms with E-state index < -0.39 is 24.2 Å². The normalized spacial score (nSPS) is 10.8. The number of hydrogen-bond donors (Lipinski definition) is 0. The van der Waals surface area contributed by atoms with Crippen LogP contribution < -0.4 is 0 Å². The number of esters is 1. The first-order chi connectivity index (χ1) is 5.24. The van der Waals surface area contributed by atoms with Gasteiger partial charge in [0.25, 0.3) is 5.83 Å². The molecule has 0 bridgehead atoms. The minimum Gasteiger partial charge on any atom is -0.367 e. The SMILES string of the molecule is O=C(OC(F)(F)F)C(F)=C(F)F. The first-order valence-corrected chi connectivity index (χ1v) is 2.25.